The maximum Gasteiger partial charge on any atom is 0.251 e. The van der Waals surface area contributed by atoms with Crippen molar-refractivity contribution in [2.75, 3.05) is 18.5 Å². The third-order valence-corrected chi connectivity index (χ3v) is 5.12. The van der Waals surface area contributed by atoms with E-state index < -0.39 is 0 Å². The maximum atomic E-state index is 6.07. The number of anilines is 1. The zero-order valence-corrected chi connectivity index (χ0v) is 17.2. The molecule has 0 spiro atoms. The zero-order chi connectivity index (χ0) is 19.9. The number of ether oxygens (including phenoxy) is 1. The van der Waals surface area contributed by atoms with E-state index in [1.165, 1.54) is 0 Å². The summed E-state index contributed by atoms with van der Waals surface area (Å²) in [6.45, 7) is 12.5. The molecule has 3 aromatic rings. The van der Waals surface area contributed by atoms with Gasteiger partial charge in [-0.15, -0.1) is 10.2 Å². The summed E-state index contributed by atoms with van der Waals surface area (Å²) >= 11 is 0. The smallest absolute Gasteiger partial charge is 0.251 e. The molecule has 1 aliphatic rings. The second-order valence-corrected chi connectivity index (χ2v) is 8.34. The highest BCUT2D eigenvalue weighted by molar-refractivity contribution is 5.97. The number of rotatable bonds is 4. The van der Waals surface area contributed by atoms with Crippen molar-refractivity contribution in [2.45, 2.75) is 65.5 Å². The SMILES string of the molecule is CCn1ncc2c(NC3CCOCC3)c(-c3nnc(C(C)(C)C)o3)c(C)nc21. The molecule has 1 fully saturated rings. The van der Waals surface area contributed by atoms with Crippen LogP contribution in [0.15, 0.2) is 10.6 Å². The van der Waals surface area contributed by atoms with E-state index in [1.807, 2.05) is 17.8 Å². The third kappa shape index (κ3) is 3.37. The fourth-order valence-electron chi connectivity index (χ4n) is 3.52. The van der Waals surface area contributed by atoms with Gasteiger partial charge in [-0.25, -0.2) is 9.67 Å². The maximum absolute atomic E-state index is 6.07. The summed E-state index contributed by atoms with van der Waals surface area (Å²) in [5, 5.41) is 17.8. The standard InChI is InChI=1S/C20H28N6O2/c1-6-26-17-14(11-21-26)16(23-13-7-9-27-10-8-13)15(12(2)22-17)18-24-25-19(28-18)20(3,4)5/h11,13H,6-10H2,1-5H3,(H,22,23). The quantitative estimate of drug-likeness (QED) is 0.733. The van der Waals surface area contributed by atoms with Crippen molar-refractivity contribution < 1.29 is 9.15 Å². The largest absolute Gasteiger partial charge is 0.420 e. The lowest BCUT2D eigenvalue weighted by molar-refractivity contribution is 0.0905. The number of hydrogen-bond donors (Lipinski definition) is 1. The Labute approximate surface area is 164 Å². The van der Waals surface area contributed by atoms with Crippen molar-refractivity contribution in [1.82, 2.24) is 25.0 Å². The van der Waals surface area contributed by atoms with Crippen LogP contribution in [0, 0.1) is 6.92 Å². The molecule has 1 saturated heterocycles. The average molecular weight is 384 g/mol. The molecule has 0 bridgehead atoms. The van der Waals surface area contributed by atoms with Crippen molar-refractivity contribution >= 4 is 16.7 Å². The van der Waals surface area contributed by atoms with Crippen LogP contribution >= 0.6 is 0 Å². The summed E-state index contributed by atoms with van der Waals surface area (Å²) in [4.78, 5) is 4.82. The Morgan fingerprint density at radius 2 is 1.96 bits per heavy atom. The van der Waals surface area contributed by atoms with Crippen LogP contribution in [0.5, 0.6) is 0 Å². The van der Waals surface area contributed by atoms with E-state index in [1.54, 1.807) is 0 Å². The molecule has 0 saturated carbocycles. The van der Waals surface area contributed by atoms with Gasteiger partial charge in [-0.05, 0) is 26.7 Å². The lowest BCUT2D eigenvalue weighted by Gasteiger charge is -2.25. The van der Waals surface area contributed by atoms with Crippen molar-refractivity contribution in [2.24, 2.45) is 0 Å². The molecular formula is C20H28N6O2. The highest BCUT2D eigenvalue weighted by Gasteiger charge is 2.27. The van der Waals surface area contributed by atoms with Crippen LogP contribution in [0.1, 0.15) is 52.1 Å². The molecule has 1 N–H and O–H groups in total. The minimum absolute atomic E-state index is 0.210. The molecule has 150 valence electrons. The monoisotopic (exact) mass is 384 g/mol. The number of nitrogens with one attached hydrogen (secondary N) is 1. The van der Waals surface area contributed by atoms with Crippen molar-refractivity contribution in [3.05, 3.63) is 17.8 Å². The summed E-state index contributed by atoms with van der Waals surface area (Å²) < 4.78 is 13.5. The molecule has 0 radical (unpaired) electrons. The van der Waals surface area contributed by atoms with E-state index in [-0.39, 0.29) is 5.41 Å². The minimum atomic E-state index is -0.210. The van der Waals surface area contributed by atoms with Crippen LogP contribution in [0.25, 0.3) is 22.5 Å². The molecule has 4 rings (SSSR count). The molecule has 0 atom stereocenters. The second kappa shape index (κ2) is 7.16. The molecule has 28 heavy (non-hydrogen) atoms. The molecule has 8 heteroatoms. The average Bonchev–Trinajstić information content (AvgIpc) is 3.29. The van der Waals surface area contributed by atoms with E-state index in [0.29, 0.717) is 17.8 Å². The molecule has 0 aliphatic carbocycles. The molecule has 4 heterocycles. The Morgan fingerprint density at radius 3 is 2.61 bits per heavy atom. The van der Waals surface area contributed by atoms with E-state index >= 15 is 0 Å². The van der Waals surface area contributed by atoms with E-state index in [0.717, 1.165) is 60.6 Å². The van der Waals surface area contributed by atoms with Gasteiger partial charge in [-0.3, -0.25) is 0 Å². The van der Waals surface area contributed by atoms with Gasteiger partial charge in [-0.1, -0.05) is 20.8 Å². The molecule has 1 aliphatic heterocycles. The van der Waals surface area contributed by atoms with E-state index in [9.17, 15) is 0 Å². The minimum Gasteiger partial charge on any atom is -0.420 e. The molecule has 0 unspecified atom stereocenters. The van der Waals surface area contributed by atoms with Gasteiger partial charge in [0.1, 0.15) is 0 Å². The molecule has 8 nitrogen and oxygen atoms in total. The van der Waals surface area contributed by atoms with Crippen LogP contribution in [0.3, 0.4) is 0 Å². The van der Waals surface area contributed by atoms with E-state index in [4.69, 9.17) is 14.1 Å². The Kier molecular flexibility index (Phi) is 4.82. The second-order valence-electron chi connectivity index (χ2n) is 8.34. The third-order valence-electron chi connectivity index (χ3n) is 5.12. The summed E-state index contributed by atoms with van der Waals surface area (Å²) in [6.07, 6.45) is 3.79. The normalized spacial score (nSPS) is 16.0. The zero-order valence-electron chi connectivity index (χ0n) is 17.2. The van der Waals surface area contributed by atoms with Crippen LogP contribution in [0.2, 0.25) is 0 Å². The van der Waals surface area contributed by atoms with Crippen LogP contribution in [-0.2, 0) is 16.7 Å². The number of aryl methyl sites for hydroxylation is 2. The highest BCUT2D eigenvalue weighted by atomic mass is 16.5. The number of pyridine rings is 1. The Balaban J connectivity index is 1.87. The van der Waals surface area contributed by atoms with Gasteiger partial charge in [-0.2, -0.15) is 5.10 Å². The molecule has 3 aromatic heterocycles. The van der Waals surface area contributed by atoms with Gasteiger partial charge in [0.05, 0.1) is 28.5 Å². The van der Waals surface area contributed by atoms with Gasteiger partial charge in [0, 0.05) is 31.2 Å². The predicted molar refractivity (Wildman–Crippen MR) is 107 cm³/mol. The lowest BCUT2D eigenvalue weighted by Crippen LogP contribution is -2.28. The van der Waals surface area contributed by atoms with Gasteiger partial charge in [0.15, 0.2) is 5.65 Å². The van der Waals surface area contributed by atoms with Crippen LogP contribution < -0.4 is 5.32 Å². The van der Waals surface area contributed by atoms with Crippen molar-refractivity contribution in [1.29, 1.82) is 0 Å². The first-order valence-corrected chi connectivity index (χ1v) is 9.93. The Morgan fingerprint density at radius 1 is 1.21 bits per heavy atom. The molecular weight excluding hydrogens is 356 g/mol. The van der Waals surface area contributed by atoms with Gasteiger partial charge >= 0.3 is 0 Å². The summed E-state index contributed by atoms with van der Waals surface area (Å²) in [7, 11) is 0. The number of hydrogen-bond acceptors (Lipinski definition) is 7. The topological polar surface area (TPSA) is 90.9 Å². The lowest BCUT2D eigenvalue weighted by atomic mass is 9.97. The van der Waals surface area contributed by atoms with Gasteiger partial charge in [0.25, 0.3) is 5.89 Å². The van der Waals surface area contributed by atoms with Gasteiger partial charge < -0.3 is 14.5 Å². The first kappa shape index (κ1) is 18.9. The Hall–Kier alpha value is -2.48. The van der Waals surface area contributed by atoms with Crippen LogP contribution in [-0.4, -0.2) is 44.2 Å². The van der Waals surface area contributed by atoms with E-state index in [2.05, 4.69) is 48.3 Å². The highest BCUT2D eigenvalue weighted by Crippen LogP contribution is 2.37. The summed E-state index contributed by atoms with van der Waals surface area (Å²) in [5.41, 5.74) is 3.34. The van der Waals surface area contributed by atoms with Gasteiger partial charge in [0.2, 0.25) is 5.89 Å². The van der Waals surface area contributed by atoms with Crippen molar-refractivity contribution in [3.63, 3.8) is 0 Å². The first-order chi connectivity index (χ1) is 13.4. The summed E-state index contributed by atoms with van der Waals surface area (Å²) in [6, 6.07) is 0.326. The number of aromatic nitrogens is 5. The molecule has 0 aromatic carbocycles. The number of nitrogens with zero attached hydrogens (tertiary/aromatic N) is 5. The Bertz CT molecular complexity index is 979. The fraction of sp³-hybridized carbons (Fsp3) is 0.600. The van der Waals surface area contributed by atoms with Crippen LogP contribution in [0.4, 0.5) is 5.69 Å². The predicted octanol–water partition coefficient (Wildman–Crippen LogP) is 3.70. The number of fused-ring (bicyclic) bond motifs is 1. The fourth-order valence-corrected chi connectivity index (χ4v) is 3.52. The van der Waals surface area contributed by atoms with Crippen molar-refractivity contribution in [3.8, 4) is 11.5 Å². The molecule has 0 amide bonds. The first-order valence-electron chi connectivity index (χ1n) is 9.93. The summed E-state index contributed by atoms with van der Waals surface area (Å²) in [5.74, 6) is 1.11.